The van der Waals surface area contributed by atoms with Crippen LogP contribution in [0.15, 0.2) is 0 Å². The third-order valence-corrected chi connectivity index (χ3v) is 5.22. The first-order valence-electron chi connectivity index (χ1n) is 7.21. The molecular weight excluding hydrogens is 212 g/mol. The minimum atomic E-state index is 0.248. The fourth-order valence-electron chi connectivity index (χ4n) is 3.83. The Bertz CT molecular complexity index is 303. The number of amides is 1. The molecule has 3 rings (SSSR count). The number of nitrogens with two attached hydrogens (primary N) is 1. The van der Waals surface area contributed by atoms with E-state index in [2.05, 4.69) is 12.2 Å². The zero-order valence-corrected chi connectivity index (χ0v) is 10.7. The quantitative estimate of drug-likeness (QED) is 0.766. The molecule has 0 spiro atoms. The van der Waals surface area contributed by atoms with Crippen molar-refractivity contribution in [1.82, 2.24) is 5.32 Å². The SMILES string of the molecule is CC1CC1NC(=O)C1CC2CCCC(C1)C2N. The third-order valence-electron chi connectivity index (χ3n) is 5.22. The monoisotopic (exact) mass is 236 g/mol. The van der Waals surface area contributed by atoms with Crippen LogP contribution in [-0.2, 0) is 4.79 Å². The first kappa shape index (κ1) is 11.5. The maximum atomic E-state index is 12.2. The average molecular weight is 236 g/mol. The summed E-state index contributed by atoms with van der Waals surface area (Å²) in [4.78, 5) is 12.2. The Labute approximate surface area is 104 Å². The summed E-state index contributed by atoms with van der Waals surface area (Å²) in [6.45, 7) is 2.20. The highest BCUT2D eigenvalue weighted by Crippen LogP contribution is 2.42. The predicted octanol–water partition coefficient (Wildman–Crippen LogP) is 1.66. The summed E-state index contributed by atoms with van der Waals surface area (Å²) in [5.41, 5.74) is 6.25. The molecule has 1 amide bonds. The molecule has 3 aliphatic carbocycles. The van der Waals surface area contributed by atoms with E-state index in [-0.39, 0.29) is 5.92 Å². The van der Waals surface area contributed by atoms with Crippen LogP contribution >= 0.6 is 0 Å². The lowest BCUT2D eigenvalue weighted by molar-refractivity contribution is -0.128. The highest BCUT2D eigenvalue weighted by Gasteiger charge is 2.42. The van der Waals surface area contributed by atoms with Gasteiger partial charge in [0.1, 0.15) is 0 Å². The van der Waals surface area contributed by atoms with Crippen LogP contribution in [0.3, 0.4) is 0 Å². The lowest BCUT2D eigenvalue weighted by Gasteiger charge is -2.43. The van der Waals surface area contributed by atoms with E-state index in [0.29, 0.717) is 35.7 Å². The highest BCUT2D eigenvalue weighted by molar-refractivity contribution is 5.79. The van der Waals surface area contributed by atoms with Gasteiger partial charge in [0.05, 0.1) is 0 Å². The summed E-state index contributed by atoms with van der Waals surface area (Å²) in [5, 5.41) is 3.20. The molecule has 3 fully saturated rings. The van der Waals surface area contributed by atoms with Gasteiger partial charge in [-0.05, 0) is 49.9 Å². The topological polar surface area (TPSA) is 55.1 Å². The van der Waals surface area contributed by atoms with Gasteiger partial charge in [-0.1, -0.05) is 13.3 Å². The van der Waals surface area contributed by atoms with E-state index in [1.807, 2.05) is 0 Å². The Morgan fingerprint density at radius 3 is 2.29 bits per heavy atom. The fraction of sp³-hybridized carbons (Fsp3) is 0.929. The highest BCUT2D eigenvalue weighted by atomic mass is 16.2. The number of carbonyl (C=O) groups excluding carboxylic acids is 1. The molecule has 96 valence electrons. The van der Waals surface area contributed by atoms with Crippen molar-refractivity contribution in [3.05, 3.63) is 0 Å². The van der Waals surface area contributed by atoms with Gasteiger partial charge in [0.25, 0.3) is 0 Å². The van der Waals surface area contributed by atoms with E-state index in [9.17, 15) is 4.79 Å². The molecule has 3 saturated carbocycles. The molecule has 4 atom stereocenters. The molecule has 3 heteroatoms. The summed E-state index contributed by atoms with van der Waals surface area (Å²) in [6, 6.07) is 0.839. The molecule has 4 unspecified atom stereocenters. The minimum absolute atomic E-state index is 0.248. The van der Waals surface area contributed by atoms with Crippen molar-refractivity contribution in [2.75, 3.05) is 0 Å². The summed E-state index contributed by atoms with van der Waals surface area (Å²) >= 11 is 0. The summed E-state index contributed by atoms with van der Waals surface area (Å²) < 4.78 is 0. The van der Waals surface area contributed by atoms with Gasteiger partial charge >= 0.3 is 0 Å². The number of rotatable bonds is 2. The van der Waals surface area contributed by atoms with E-state index in [1.165, 1.54) is 25.7 Å². The zero-order chi connectivity index (χ0) is 12.0. The van der Waals surface area contributed by atoms with Crippen LogP contribution in [0, 0.1) is 23.7 Å². The third kappa shape index (κ3) is 2.22. The van der Waals surface area contributed by atoms with Gasteiger partial charge in [-0.2, -0.15) is 0 Å². The molecule has 2 bridgehead atoms. The van der Waals surface area contributed by atoms with E-state index in [4.69, 9.17) is 5.73 Å². The second kappa shape index (κ2) is 4.27. The van der Waals surface area contributed by atoms with Crippen molar-refractivity contribution in [3.63, 3.8) is 0 Å². The molecule has 0 aromatic rings. The van der Waals surface area contributed by atoms with Crippen LogP contribution in [0.1, 0.15) is 45.4 Å². The van der Waals surface area contributed by atoms with Crippen LogP contribution < -0.4 is 11.1 Å². The Kier molecular flexibility index (Phi) is 2.89. The van der Waals surface area contributed by atoms with Gasteiger partial charge in [-0.3, -0.25) is 4.79 Å². The Morgan fingerprint density at radius 1 is 1.18 bits per heavy atom. The number of carbonyl (C=O) groups is 1. The van der Waals surface area contributed by atoms with Crippen molar-refractivity contribution in [2.45, 2.75) is 57.5 Å². The lowest BCUT2D eigenvalue weighted by Crippen LogP contribution is -2.49. The standard InChI is InChI=1S/C14H24N2O/c1-8-5-12(8)16-14(17)11-6-9-3-2-4-10(7-11)13(9)15/h8-13H,2-7,15H2,1H3,(H,16,17). The van der Waals surface area contributed by atoms with Gasteiger partial charge in [-0.25, -0.2) is 0 Å². The molecule has 3 N–H and O–H groups in total. The molecule has 0 aromatic carbocycles. The van der Waals surface area contributed by atoms with Crippen LogP contribution in [0.4, 0.5) is 0 Å². The molecule has 0 saturated heterocycles. The normalized spacial score (nSPS) is 48.6. The van der Waals surface area contributed by atoms with Gasteiger partial charge in [0, 0.05) is 18.0 Å². The number of hydrogen-bond acceptors (Lipinski definition) is 2. The fourth-order valence-corrected chi connectivity index (χ4v) is 3.83. The van der Waals surface area contributed by atoms with Crippen molar-refractivity contribution in [1.29, 1.82) is 0 Å². The Morgan fingerprint density at radius 2 is 1.76 bits per heavy atom. The lowest BCUT2D eigenvalue weighted by atomic mass is 9.65. The molecular formula is C14H24N2O. The Hall–Kier alpha value is -0.570. The second-order valence-electron chi connectivity index (χ2n) is 6.52. The number of nitrogens with one attached hydrogen (secondary N) is 1. The Balaban J connectivity index is 1.59. The molecule has 3 nitrogen and oxygen atoms in total. The predicted molar refractivity (Wildman–Crippen MR) is 67.2 cm³/mol. The number of hydrogen-bond donors (Lipinski definition) is 2. The largest absolute Gasteiger partial charge is 0.353 e. The van der Waals surface area contributed by atoms with E-state index in [1.54, 1.807) is 0 Å². The zero-order valence-electron chi connectivity index (χ0n) is 10.7. The van der Waals surface area contributed by atoms with Crippen molar-refractivity contribution < 1.29 is 4.79 Å². The van der Waals surface area contributed by atoms with Gasteiger partial charge in [0.2, 0.25) is 5.91 Å². The summed E-state index contributed by atoms with van der Waals surface area (Å²) in [6.07, 6.45) is 7.03. The first-order valence-corrected chi connectivity index (χ1v) is 7.21. The second-order valence-corrected chi connectivity index (χ2v) is 6.52. The van der Waals surface area contributed by atoms with Crippen molar-refractivity contribution in [2.24, 2.45) is 29.4 Å². The molecule has 0 heterocycles. The smallest absolute Gasteiger partial charge is 0.223 e. The van der Waals surface area contributed by atoms with Crippen LogP contribution in [0.25, 0.3) is 0 Å². The maximum absolute atomic E-state index is 12.2. The maximum Gasteiger partial charge on any atom is 0.223 e. The van der Waals surface area contributed by atoms with Crippen LogP contribution in [0.5, 0.6) is 0 Å². The molecule has 17 heavy (non-hydrogen) atoms. The van der Waals surface area contributed by atoms with Gasteiger partial charge in [0.15, 0.2) is 0 Å². The van der Waals surface area contributed by atoms with Crippen LogP contribution in [0.2, 0.25) is 0 Å². The average Bonchev–Trinajstić information content (AvgIpc) is 2.93. The van der Waals surface area contributed by atoms with E-state index >= 15 is 0 Å². The molecule has 0 radical (unpaired) electrons. The van der Waals surface area contributed by atoms with E-state index in [0.717, 1.165) is 12.8 Å². The first-order chi connectivity index (χ1) is 8.15. The molecule has 0 aliphatic heterocycles. The van der Waals surface area contributed by atoms with Crippen molar-refractivity contribution >= 4 is 5.91 Å². The van der Waals surface area contributed by atoms with Crippen LogP contribution in [-0.4, -0.2) is 18.0 Å². The number of fused-ring (bicyclic) bond motifs is 2. The summed E-state index contributed by atoms with van der Waals surface area (Å²) in [7, 11) is 0. The summed E-state index contributed by atoms with van der Waals surface area (Å²) in [5.74, 6) is 2.47. The molecule has 0 aromatic heterocycles. The minimum Gasteiger partial charge on any atom is -0.353 e. The van der Waals surface area contributed by atoms with E-state index < -0.39 is 0 Å². The molecule has 3 aliphatic rings. The van der Waals surface area contributed by atoms with Gasteiger partial charge < -0.3 is 11.1 Å². The van der Waals surface area contributed by atoms with Gasteiger partial charge in [-0.15, -0.1) is 0 Å². The van der Waals surface area contributed by atoms with Crippen molar-refractivity contribution in [3.8, 4) is 0 Å².